The Morgan fingerprint density at radius 3 is 2.88 bits per heavy atom. The molecule has 0 radical (unpaired) electrons. The standard InChI is InChI=1S/C18H21N5O2/c1-11-4-2-5-13(10-11)23-9-3-6-14(18(23)25)19-17(24)16-15(12-7-8-12)20-22-21-16/h2,4-5,10,12,14H,3,6-9H2,1H3,(H,19,24)(H,20,21,22). The summed E-state index contributed by atoms with van der Waals surface area (Å²) in [7, 11) is 0. The van der Waals surface area contributed by atoms with E-state index in [0.29, 0.717) is 24.6 Å². The molecular weight excluding hydrogens is 318 g/mol. The van der Waals surface area contributed by atoms with Crippen LogP contribution in [0, 0.1) is 6.92 Å². The molecule has 0 spiro atoms. The Balaban J connectivity index is 1.49. The van der Waals surface area contributed by atoms with Crippen molar-refractivity contribution >= 4 is 17.5 Å². The van der Waals surface area contributed by atoms with Crippen LogP contribution in [-0.4, -0.2) is 39.8 Å². The topological polar surface area (TPSA) is 91.0 Å². The summed E-state index contributed by atoms with van der Waals surface area (Å²) in [5.74, 6) is -0.0629. The lowest BCUT2D eigenvalue weighted by Crippen LogP contribution is -2.52. The number of aryl methyl sites for hydroxylation is 1. The molecular formula is C18H21N5O2. The molecule has 25 heavy (non-hydrogen) atoms. The van der Waals surface area contributed by atoms with Crippen LogP contribution in [-0.2, 0) is 4.79 Å². The van der Waals surface area contributed by atoms with Gasteiger partial charge in [0.05, 0.1) is 5.69 Å². The van der Waals surface area contributed by atoms with Gasteiger partial charge < -0.3 is 10.2 Å². The van der Waals surface area contributed by atoms with Crippen LogP contribution >= 0.6 is 0 Å². The van der Waals surface area contributed by atoms with Crippen LogP contribution in [0.2, 0.25) is 0 Å². The Bertz CT molecular complexity index is 811. The average molecular weight is 339 g/mol. The van der Waals surface area contributed by atoms with E-state index in [9.17, 15) is 9.59 Å². The Labute approximate surface area is 145 Å². The van der Waals surface area contributed by atoms with Gasteiger partial charge in [-0.05, 0) is 50.3 Å². The second-order valence-electron chi connectivity index (χ2n) is 6.83. The first-order valence-electron chi connectivity index (χ1n) is 8.73. The van der Waals surface area contributed by atoms with Crippen molar-refractivity contribution in [1.82, 2.24) is 20.7 Å². The van der Waals surface area contributed by atoms with Gasteiger partial charge in [0.25, 0.3) is 5.91 Å². The summed E-state index contributed by atoms with van der Waals surface area (Å²) in [6.45, 7) is 2.67. The van der Waals surface area contributed by atoms with Crippen LogP contribution in [0.5, 0.6) is 0 Å². The molecule has 2 fully saturated rings. The quantitative estimate of drug-likeness (QED) is 0.890. The molecule has 0 bridgehead atoms. The lowest BCUT2D eigenvalue weighted by Gasteiger charge is -2.32. The van der Waals surface area contributed by atoms with Crippen LogP contribution in [0.25, 0.3) is 0 Å². The average Bonchev–Trinajstić information content (AvgIpc) is 3.33. The largest absolute Gasteiger partial charge is 0.339 e. The number of aromatic amines is 1. The molecule has 2 N–H and O–H groups in total. The maximum absolute atomic E-state index is 12.8. The summed E-state index contributed by atoms with van der Waals surface area (Å²) in [6, 6.07) is 7.34. The predicted octanol–water partition coefficient (Wildman–Crippen LogP) is 1.92. The van der Waals surface area contributed by atoms with Crippen molar-refractivity contribution < 1.29 is 9.59 Å². The number of nitrogens with zero attached hydrogens (tertiary/aromatic N) is 3. The molecule has 1 aromatic heterocycles. The summed E-state index contributed by atoms with van der Waals surface area (Å²) in [5.41, 5.74) is 3.02. The molecule has 1 atom stereocenters. The van der Waals surface area contributed by atoms with Gasteiger partial charge in [0.15, 0.2) is 5.69 Å². The molecule has 1 saturated carbocycles. The third-order valence-electron chi connectivity index (χ3n) is 4.81. The molecule has 4 rings (SSSR count). The van der Waals surface area contributed by atoms with Crippen LogP contribution < -0.4 is 10.2 Å². The number of piperidine rings is 1. The number of carbonyl (C=O) groups excluding carboxylic acids is 2. The van der Waals surface area contributed by atoms with E-state index >= 15 is 0 Å². The van der Waals surface area contributed by atoms with Gasteiger partial charge in [0.2, 0.25) is 5.91 Å². The van der Waals surface area contributed by atoms with Gasteiger partial charge >= 0.3 is 0 Å². The van der Waals surface area contributed by atoms with E-state index in [-0.39, 0.29) is 11.8 Å². The minimum absolute atomic E-state index is 0.0679. The molecule has 130 valence electrons. The Kier molecular flexibility index (Phi) is 3.99. The van der Waals surface area contributed by atoms with Crippen molar-refractivity contribution in [2.75, 3.05) is 11.4 Å². The number of nitrogens with one attached hydrogen (secondary N) is 2. The molecule has 1 saturated heterocycles. The molecule has 2 amide bonds. The van der Waals surface area contributed by atoms with E-state index in [0.717, 1.165) is 36.2 Å². The van der Waals surface area contributed by atoms with Crippen LogP contribution in [0.1, 0.15) is 53.3 Å². The van der Waals surface area contributed by atoms with Crippen molar-refractivity contribution in [3.63, 3.8) is 0 Å². The maximum Gasteiger partial charge on any atom is 0.274 e. The van der Waals surface area contributed by atoms with E-state index in [1.807, 2.05) is 31.2 Å². The Morgan fingerprint density at radius 2 is 2.12 bits per heavy atom. The normalized spacial score (nSPS) is 20.6. The third-order valence-corrected chi connectivity index (χ3v) is 4.81. The second kappa shape index (κ2) is 6.31. The molecule has 7 heteroatoms. The molecule has 2 heterocycles. The van der Waals surface area contributed by atoms with E-state index in [4.69, 9.17) is 0 Å². The second-order valence-corrected chi connectivity index (χ2v) is 6.83. The van der Waals surface area contributed by atoms with Crippen LogP contribution in [0.4, 0.5) is 5.69 Å². The van der Waals surface area contributed by atoms with Crippen molar-refractivity contribution in [1.29, 1.82) is 0 Å². The van der Waals surface area contributed by atoms with E-state index in [1.165, 1.54) is 0 Å². The summed E-state index contributed by atoms with van der Waals surface area (Å²) >= 11 is 0. The number of hydrogen-bond donors (Lipinski definition) is 2. The van der Waals surface area contributed by atoms with Gasteiger partial charge in [-0.15, -0.1) is 0 Å². The number of amides is 2. The van der Waals surface area contributed by atoms with E-state index in [2.05, 4.69) is 20.7 Å². The van der Waals surface area contributed by atoms with Crippen molar-refractivity contribution in [3.8, 4) is 0 Å². The summed E-state index contributed by atoms with van der Waals surface area (Å²) in [6.07, 6.45) is 3.56. The van der Waals surface area contributed by atoms with Crippen molar-refractivity contribution in [2.24, 2.45) is 0 Å². The molecule has 2 aliphatic rings. The van der Waals surface area contributed by atoms with Crippen molar-refractivity contribution in [2.45, 2.75) is 44.6 Å². The molecule has 2 aromatic rings. The first-order valence-corrected chi connectivity index (χ1v) is 8.73. The monoisotopic (exact) mass is 339 g/mol. The smallest absolute Gasteiger partial charge is 0.274 e. The van der Waals surface area contributed by atoms with Crippen LogP contribution in [0.15, 0.2) is 24.3 Å². The fourth-order valence-corrected chi connectivity index (χ4v) is 3.34. The SMILES string of the molecule is Cc1cccc(N2CCCC(NC(=O)c3n[nH]nc3C3CC3)C2=O)c1. The number of aromatic nitrogens is 3. The minimum atomic E-state index is -0.523. The molecule has 7 nitrogen and oxygen atoms in total. The zero-order valence-corrected chi connectivity index (χ0v) is 14.2. The summed E-state index contributed by atoms with van der Waals surface area (Å²) < 4.78 is 0. The highest BCUT2D eigenvalue weighted by atomic mass is 16.2. The molecule has 1 aromatic carbocycles. The van der Waals surface area contributed by atoms with Gasteiger partial charge in [-0.1, -0.05) is 12.1 Å². The fraction of sp³-hybridized carbons (Fsp3) is 0.444. The van der Waals surface area contributed by atoms with Gasteiger partial charge in [0.1, 0.15) is 6.04 Å². The number of rotatable bonds is 4. The highest BCUT2D eigenvalue weighted by Gasteiger charge is 2.35. The highest BCUT2D eigenvalue weighted by molar-refractivity contribution is 6.02. The minimum Gasteiger partial charge on any atom is -0.339 e. The summed E-state index contributed by atoms with van der Waals surface area (Å²) in [4.78, 5) is 27.2. The van der Waals surface area contributed by atoms with Crippen LogP contribution in [0.3, 0.4) is 0 Å². The first kappa shape index (κ1) is 15.8. The van der Waals surface area contributed by atoms with Gasteiger partial charge in [0, 0.05) is 18.2 Å². The zero-order chi connectivity index (χ0) is 17.4. The maximum atomic E-state index is 12.8. The molecule has 1 aliphatic heterocycles. The Hall–Kier alpha value is -2.70. The highest BCUT2D eigenvalue weighted by Crippen LogP contribution is 2.39. The summed E-state index contributed by atoms with van der Waals surface area (Å²) in [5, 5.41) is 13.5. The number of benzene rings is 1. The lowest BCUT2D eigenvalue weighted by molar-refractivity contribution is -0.121. The first-order chi connectivity index (χ1) is 12.1. The molecule has 1 aliphatic carbocycles. The van der Waals surface area contributed by atoms with E-state index in [1.54, 1.807) is 4.90 Å². The lowest BCUT2D eigenvalue weighted by atomic mass is 10.0. The predicted molar refractivity (Wildman–Crippen MR) is 92.4 cm³/mol. The number of anilines is 1. The molecule has 1 unspecified atom stereocenters. The van der Waals surface area contributed by atoms with Gasteiger partial charge in [-0.3, -0.25) is 9.59 Å². The number of H-pyrrole nitrogens is 1. The van der Waals surface area contributed by atoms with Gasteiger partial charge in [-0.2, -0.15) is 15.4 Å². The van der Waals surface area contributed by atoms with Crippen molar-refractivity contribution in [3.05, 3.63) is 41.2 Å². The third kappa shape index (κ3) is 3.14. The number of carbonyl (C=O) groups is 2. The van der Waals surface area contributed by atoms with E-state index < -0.39 is 6.04 Å². The van der Waals surface area contributed by atoms with Gasteiger partial charge in [-0.25, -0.2) is 0 Å². The Morgan fingerprint density at radius 1 is 1.28 bits per heavy atom. The number of hydrogen-bond acceptors (Lipinski definition) is 4. The zero-order valence-electron chi connectivity index (χ0n) is 14.2. The fourth-order valence-electron chi connectivity index (χ4n) is 3.34.